The summed E-state index contributed by atoms with van der Waals surface area (Å²) in [5.74, 6) is 0.719. The van der Waals surface area contributed by atoms with Crippen LogP contribution in [0, 0.1) is 0 Å². The van der Waals surface area contributed by atoms with Crippen LogP contribution in [-0.2, 0) is 7.05 Å². The SMILES string of the molecule is Cn1c(-c2ccncc2)nc2c(=O)n(-c3ccccc3)c3cc(Cl)ccc3c21. The van der Waals surface area contributed by atoms with Crippen LogP contribution in [0.2, 0.25) is 5.02 Å². The fourth-order valence-corrected chi connectivity index (χ4v) is 3.82. The van der Waals surface area contributed by atoms with Crippen molar-refractivity contribution < 1.29 is 0 Å². The van der Waals surface area contributed by atoms with Crippen LogP contribution >= 0.6 is 11.6 Å². The maximum Gasteiger partial charge on any atom is 0.283 e. The second-order valence-corrected chi connectivity index (χ2v) is 7.00. The highest BCUT2D eigenvalue weighted by molar-refractivity contribution is 6.31. The first kappa shape index (κ1) is 16.7. The molecular formula is C22H15ClN4O. The van der Waals surface area contributed by atoms with Gasteiger partial charge >= 0.3 is 0 Å². The minimum absolute atomic E-state index is 0.174. The number of hydrogen-bond donors (Lipinski definition) is 0. The third-order valence-electron chi connectivity index (χ3n) is 4.91. The molecule has 5 rings (SSSR count). The van der Waals surface area contributed by atoms with Gasteiger partial charge in [-0.25, -0.2) is 4.98 Å². The van der Waals surface area contributed by atoms with Gasteiger partial charge in [0.1, 0.15) is 5.82 Å². The van der Waals surface area contributed by atoms with Crippen molar-refractivity contribution in [3.8, 4) is 17.1 Å². The van der Waals surface area contributed by atoms with E-state index >= 15 is 0 Å². The molecule has 3 heterocycles. The maximum atomic E-state index is 13.5. The molecule has 0 amide bonds. The van der Waals surface area contributed by atoms with Crippen molar-refractivity contribution in [3.05, 3.63) is 88.4 Å². The largest absolute Gasteiger partial charge is 0.326 e. The van der Waals surface area contributed by atoms with E-state index in [1.807, 2.05) is 72.3 Å². The number of benzene rings is 2. The number of nitrogens with zero attached hydrogens (tertiary/aromatic N) is 4. The van der Waals surface area contributed by atoms with Gasteiger partial charge in [0, 0.05) is 41.1 Å². The molecule has 0 N–H and O–H groups in total. The van der Waals surface area contributed by atoms with Crippen LogP contribution < -0.4 is 5.56 Å². The maximum absolute atomic E-state index is 13.5. The van der Waals surface area contributed by atoms with Gasteiger partial charge in [0.2, 0.25) is 0 Å². The molecule has 0 spiro atoms. The monoisotopic (exact) mass is 386 g/mol. The predicted octanol–water partition coefficient (Wildman–Crippen LogP) is 4.59. The first-order valence-corrected chi connectivity index (χ1v) is 9.19. The van der Waals surface area contributed by atoms with E-state index in [1.165, 1.54) is 0 Å². The zero-order chi connectivity index (χ0) is 19.3. The molecule has 0 radical (unpaired) electrons. The molecule has 28 heavy (non-hydrogen) atoms. The normalized spacial score (nSPS) is 11.4. The van der Waals surface area contributed by atoms with Gasteiger partial charge in [-0.05, 0) is 42.5 Å². The molecule has 136 valence electrons. The molecule has 0 aliphatic rings. The van der Waals surface area contributed by atoms with E-state index in [1.54, 1.807) is 17.0 Å². The third kappa shape index (κ3) is 2.44. The molecule has 0 saturated heterocycles. The van der Waals surface area contributed by atoms with Gasteiger partial charge in [-0.3, -0.25) is 14.3 Å². The lowest BCUT2D eigenvalue weighted by Crippen LogP contribution is -2.19. The molecule has 3 aromatic heterocycles. The third-order valence-corrected chi connectivity index (χ3v) is 5.14. The Balaban J connectivity index is 1.98. The summed E-state index contributed by atoms with van der Waals surface area (Å²) >= 11 is 6.28. The highest BCUT2D eigenvalue weighted by Crippen LogP contribution is 2.30. The number of pyridine rings is 2. The Hall–Kier alpha value is -3.44. The number of hydrogen-bond acceptors (Lipinski definition) is 3. The van der Waals surface area contributed by atoms with Gasteiger partial charge in [0.25, 0.3) is 5.56 Å². The van der Waals surface area contributed by atoms with Crippen molar-refractivity contribution in [2.24, 2.45) is 7.05 Å². The van der Waals surface area contributed by atoms with Crippen molar-refractivity contribution in [2.45, 2.75) is 0 Å². The van der Waals surface area contributed by atoms with E-state index in [-0.39, 0.29) is 5.56 Å². The minimum atomic E-state index is -0.174. The average molecular weight is 387 g/mol. The summed E-state index contributed by atoms with van der Waals surface area (Å²) in [6.45, 7) is 0. The molecule has 0 fully saturated rings. The number of imidazole rings is 1. The van der Waals surface area contributed by atoms with Crippen molar-refractivity contribution in [2.75, 3.05) is 0 Å². The van der Waals surface area contributed by atoms with Crippen LogP contribution in [0.4, 0.5) is 0 Å². The zero-order valence-corrected chi connectivity index (χ0v) is 15.8. The second kappa shape index (κ2) is 6.32. The highest BCUT2D eigenvalue weighted by atomic mass is 35.5. The van der Waals surface area contributed by atoms with Gasteiger partial charge < -0.3 is 4.57 Å². The van der Waals surface area contributed by atoms with Gasteiger partial charge in [-0.2, -0.15) is 0 Å². The highest BCUT2D eigenvalue weighted by Gasteiger charge is 2.19. The topological polar surface area (TPSA) is 52.7 Å². The Kier molecular flexibility index (Phi) is 3.77. The van der Waals surface area contributed by atoms with E-state index in [4.69, 9.17) is 16.6 Å². The smallest absolute Gasteiger partial charge is 0.283 e. The van der Waals surface area contributed by atoms with Gasteiger partial charge in [-0.1, -0.05) is 29.8 Å². The lowest BCUT2D eigenvalue weighted by Gasteiger charge is -2.12. The zero-order valence-electron chi connectivity index (χ0n) is 15.0. The fourth-order valence-electron chi connectivity index (χ4n) is 3.65. The summed E-state index contributed by atoms with van der Waals surface area (Å²) < 4.78 is 3.63. The summed E-state index contributed by atoms with van der Waals surface area (Å²) in [7, 11) is 1.92. The minimum Gasteiger partial charge on any atom is -0.326 e. The lowest BCUT2D eigenvalue weighted by molar-refractivity contribution is 0.961. The number of halogens is 1. The van der Waals surface area contributed by atoms with Crippen LogP contribution in [0.1, 0.15) is 0 Å². The first-order chi connectivity index (χ1) is 13.6. The molecule has 5 aromatic rings. The number of para-hydroxylation sites is 1. The van der Waals surface area contributed by atoms with Crippen molar-refractivity contribution >= 4 is 33.5 Å². The molecule has 0 aliphatic heterocycles. The number of aryl methyl sites for hydroxylation is 1. The van der Waals surface area contributed by atoms with Gasteiger partial charge in [0.05, 0.1) is 11.0 Å². The van der Waals surface area contributed by atoms with Crippen LogP contribution in [-0.4, -0.2) is 19.1 Å². The standard InChI is InChI=1S/C22H15ClN4O/c1-26-20-17-8-7-15(23)13-18(17)27(16-5-3-2-4-6-16)22(28)19(20)25-21(26)14-9-11-24-12-10-14/h2-13H,1H3. The molecule has 5 nitrogen and oxygen atoms in total. The number of aromatic nitrogens is 4. The molecule has 0 unspecified atom stereocenters. The fraction of sp³-hybridized carbons (Fsp3) is 0.0455. The van der Waals surface area contributed by atoms with Gasteiger partial charge in [0.15, 0.2) is 5.52 Å². The Morgan fingerprint density at radius 1 is 0.964 bits per heavy atom. The summed E-state index contributed by atoms with van der Waals surface area (Å²) in [6.07, 6.45) is 3.43. The van der Waals surface area contributed by atoms with Crippen molar-refractivity contribution in [1.82, 2.24) is 19.1 Å². The Morgan fingerprint density at radius 2 is 1.71 bits per heavy atom. The number of fused-ring (bicyclic) bond motifs is 3. The van der Waals surface area contributed by atoms with E-state index in [0.29, 0.717) is 10.5 Å². The quantitative estimate of drug-likeness (QED) is 0.445. The first-order valence-electron chi connectivity index (χ1n) is 8.81. The van der Waals surface area contributed by atoms with Crippen LogP contribution in [0.3, 0.4) is 0 Å². The molecule has 6 heteroatoms. The molecule has 0 saturated carbocycles. The second-order valence-electron chi connectivity index (χ2n) is 6.57. The van der Waals surface area contributed by atoms with Crippen molar-refractivity contribution in [3.63, 3.8) is 0 Å². The van der Waals surface area contributed by atoms with E-state index in [2.05, 4.69) is 4.98 Å². The number of rotatable bonds is 2. The van der Waals surface area contributed by atoms with Crippen LogP contribution in [0.25, 0.3) is 39.0 Å². The Labute approximate surface area is 165 Å². The van der Waals surface area contributed by atoms with E-state index < -0.39 is 0 Å². The summed E-state index contributed by atoms with van der Waals surface area (Å²) in [4.78, 5) is 22.3. The predicted molar refractivity (Wildman–Crippen MR) is 112 cm³/mol. The summed E-state index contributed by atoms with van der Waals surface area (Å²) in [5, 5.41) is 1.49. The summed E-state index contributed by atoms with van der Waals surface area (Å²) in [5.41, 5.74) is 3.47. The van der Waals surface area contributed by atoms with E-state index in [9.17, 15) is 4.79 Å². The Bertz CT molecular complexity index is 1390. The average Bonchev–Trinajstić information content (AvgIpc) is 3.07. The lowest BCUT2D eigenvalue weighted by atomic mass is 10.1. The van der Waals surface area contributed by atoms with E-state index in [0.717, 1.165) is 33.5 Å². The van der Waals surface area contributed by atoms with Crippen LogP contribution in [0.15, 0.2) is 77.9 Å². The molecule has 2 aromatic carbocycles. The molecular weight excluding hydrogens is 372 g/mol. The molecule has 0 bridgehead atoms. The molecule has 0 atom stereocenters. The van der Waals surface area contributed by atoms with Crippen molar-refractivity contribution in [1.29, 1.82) is 0 Å². The molecule has 0 aliphatic carbocycles. The van der Waals surface area contributed by atoms with Crippen LogP contribution in [0.5, 0.6) is 0 Å². The Morgan fingerprint density at radius 3 is 2.46 bits per heavy atom. The van der Waals surface area contributed by atoms with Gasteiger partial charge in [-0.15, -0.1) is 0 Å². The summed E-state index contributed by atoms with van der Waals surface area (Å²) in [6, 6.07) is 18.9.